The first kappa shape index (κ1) is 31.9. The van der Waals surface area contributed by atoms with Crippen LogP contribution in [0.3, 0.4) is 0 Å². The zero-order valence-electron chi connectivity index (χ0n) is 24.3. The van der Waals surface area contributed by atoms with Crippen LogP contribution < -0.4 is 20.7 Å². The van der Waals surface area contributed by atoms with Gasteiger partial charge in [-0.15, -0.1) is 0 Å². The molecule has 0 bridgehead atoms. The number of benzene rings is 2. The van der Waals surface area contributed by atoms with Crippen molar-refractivity contribution in [2.75, 3.05) is 24.7 Å². The van der Waals surface area contributed by atoms with Crippen LogP contribution >= 0.6 is 11.8 Å². The molecule has 2 amide bonds. The molecule has 12 nitrogen and oxygen atoms in total. The van der Waals surface area contributed by atoms with Gasteiger partial charge in [-0.2, -0.15) is 24.9 Å². The van der Waals surface area contributed by atoms with Crippen LogP contribution in [-0.2, 0) is 15.7 Å². The number of halogens is 3. The number of thioether (sulfide) groups is 1. The van der Waals surface area contributed by atoms with E-state index in [4.69, 9.17) is 9.47 Å². The van der Waals surface area contributed by atoms with Crippen molar-refractivity contribution in [3.8, 4) is 22.7 Å². The second kappa shape index (κ2) is 13.3. The Bertz CT molecular complexity index is 1580. The Morgan fingerprint density at radius 1 is 1.27 bits per heavy atom. The molecule has 0 spiro atoms. The van der Waals surface area contributed by atoms with E-state index in [1.54, 1.807) is 25.7 Å². The fourth-order valence-electron chi connectivity index (χ4n) is 5.42. The third-order valence-electron chi connectivity index (χ3n) is 7.62. The van der Waals surface area contributed by atoms with E-state index in [1.165, 1.54) is 41.4 Å². The second-order valence-electron chi connectivity index (χ2n) is 10.5. The van der Waals surface area contributed by atoms with E-state index in [9.17, 15) is 32.9 Å². The Morgan fingerprint density at radius 2 is 2.07 bits per heavy atom. The average molecular weight is 649 g/mol. The van der Waals surface area contributed by atoms with Gasteiger partial charge in [0, 0.05) is 41.9 Å². The van der Waals surface area contributed by atoms with Crippen LogP contribution in [0.1, 0.15) is 31.7 Å². The molecule has 5 rings (SSSR count). The predicted molar refractivity (Wildman–Crippen MR) is 161 cm³/mol. The Balaban J connectivity index is 1.43. The molecule has 16 heteroatoms. The minimum absolute atomic E-state index is 0.0308. The predicted octanol–water partition coefficient (Wildman–Crippen LogP) is 5.15. The number of nitrogens with one attached hydrogen (secondary N) is 3. The highest BCUT2D eigenvalue weighted by molar-refractivity contribution is 8.00. The number of carbonyl (C=O) groups excluding carboxylic acids is 2. The van der Waals surface area contributed by atoms with E-state index in [0.29, 0.717) is 24.2 Å². The van der Waals surface area contributed by atoms with Gasteiger partial charge < -0.3 is 30.0 Å². The van der Waals surface area contributed by atoms with Crippen molar-refractivity contribution in [2.24, 2.45) is 0 Å². The van der Waals surface area contributed by atoms with Crippen molar-refractivity contribution in [1.82, 2.24) is 20.2 Å². The number of non-ortho nitro benzene ring substituents is 1. The minimum atomic E-state index is -4.68. The first-order chi connectivity index (χ1) is 21.5. The Morgan fingerprint density at radius 3 is 2.78 bits per heavy atom. The zero-order valence-corrected chi connectivity index (χ0v) is 25.1. The van der Waals surface area contributed by atoms with Gasteiger partial charge in [0.15, 0.2) is 6.10 Å². The number of fused-ring (bicyclic) bond motifs is 1. The minimum Gasteiger partial charge on any atom is -0.478 e. The lowest BCUT2D eigenvalue weighted by molar-refractivity contribution is -0.384. The van der Waals surface area contributed by atoms with Crippen molar-refractivity contribution < 1.29 is 37.2 Å². The van der Waals surface area contributed by atoms with Gasteiger partial charge in [0.05, 0.1) is 52.6 Å². The largest absolute Gasteiger partial charge is 0.478 e. The number of imidazole rings is 1. The maximum atomic E-state index is 13.8. The lowest BCUT2D eigenvalue weighted by atomic mass is 10.0. The quantitative estimate of drug-likeness (QED) is 0.105. The van der Waals surface area contributed by atoms with Gasteiger partial charge in [-0.25, -0.2) is 14.6 Å². The summed E-state index contributed by atoms with van der Waals surface area (Å²) in [4.78, 5) is 39.9. The molecule has 2 fully saturated rings. The number of aromatic nitrogens is 2. The SMILES string of the molecule is CCOC(=O)C(CCC[C@@H]1SC[C@@H]2NC(=O)N[C@@H]21)Oc1cc(C(F)(F)F)ccc1-c1cn(-c2cc([N+](=O)[O-])ccc2NC)cn1. The molecule has 0 aliphatic carbocycles. The molecule has 2 saturated heterocycles. The summed E-state index contributed by atoms with van der Waals surface area (Å²) in [5.41, 5.74) is 0.208. The van der Waals surface area contributed by atoms with E-state index in [1.807, 2.05) is 0 Å². The van der Waals surface area contributed by atoms with Crippen LogP contribution in [0.5, 0.6) is 5.75 Å². The first-order valence-electron chi connectivity index (χ1n) is 14.2. The van der Waals surface area contributed by atoms with Crippen molar-refractivity contribution in [1.29, 1.82) is 0 Å². The highest BCUT2D eigenvalue weighted by Crippen LogP contribution is 2.39. The van der Waals surface area contributed by atoms with Crippen LogP contribution in [0.2, 0.25) is 0 Å². The monoisotopic (exact) mass is 648 g/mol. The van der Waals surface area contributed by atoms with E-state index in [0.717, 1.165) is 17.9 Å². The summed E-state index contributed by atoms with van der Waals surface area (Å²) in [6.45, 7) is 1.67. The molecule has 45 heavy (non-hydrogen) atoms. The molecule has 0 radical (unpaired) electrons. The normalized spacial score (nSPS) is 19.8. The number of anilines is 1. The maximum Gasteiger partial charge on any atom is 0.416 e. The van der Waals surface area contributed by atoms with E-state index in [-0.39, 0.29) is 59.1 Å². The van der Waals surface area contributed by atoms with Crippen molar-refractivity contribution in [3.63, 3.8) is 0 Å². The van der Waals surface area contributed by atoms with Crippen LogP contribution in [-0.4, -0.2) is 69.3 Å². The molecule has 2 aliphatic rings. The number of ether oxygens (including phenoxy) is 2. The number of hydrogen-bond acceptors (Lipinski definition) is 9. The van der Waals surface area contributed by atoms with Crippen LogP contribution in [0.15, 0.2) is 48.9 Å². The zero-order chi connectivity index (χ0) is 32.3. The highest BCUT2D eigenvalue weighted by Gasteiger charge is 2.43. The molecular formula is C29H31F3N6O6S. The molecule has 3 aromatic rings. The molecule has 3 N–H and O–H groups in total. The number of nitrogens with zero attached hydrogens (tertiary/aromatic N) is 3. The molecule has 4 atom stereocenters. The molecule has 240 valence electrons. The van der Waals surface area contributed by atoms with Crippen LogP contribution in [0.25, 0.3) is 16.9 Å². The van der Waals surface area contributed by atoms with Gasteiger partial charge in [-0.05, 0) is 50.5 Å². The Kier molecular flexibility index (Phi) is 9.41. The summed E-state index contributed by atoms with van der Waals surface area (Å²) in [5.74, 6) is -0.170. The van der Waals surface area contributed by atoms with Gasteiger partial charge in [-0.1, -0.05) is 0 Å². The van der Waals surface area contributed by atoms with Gasteiger partial charge >= 0.3 is 18.2 Å². The van der Waals surface area contributed by atoms with E-state index in [2.05, 4.69) is 20.9 Å². The van der Waals surface area contributed by atoms with E-state index >= 15 is 0 Å². The number of nitro benzene ring substituents is 1. The van der Waals surface area contributed by atoms with Gasteiger partial charge in [0.25, 0.3) is 5.69 Å². The van der Waals surface area contributed by atoms with Crippen LogP contribution in [0.4, 0.5) is 29.3 Å². The summed E-state index contributed by atoms with van der Waals surface area (Å²) in [6.07, 6.45) is -1.71. The fourth-order valence-corrected chi connectivity index (χ4v) is 6.96. The summed E-state index contributed by atoms with van der Waals surface area (Å²) in [6, 6.07) is 6.93. The maximum absolute atomic E-state index is 13.8. The number of amides is 2. The molecule has 2 aliphatic heterocycles. The second-order valence-corrected chi connectivity index (χ2v) is 11.8. The number of esters is 1. The summed E-state index contributed by atoms with van der Waals surface area (Å²) in [5, 5.41) is 20.2. The number of carbonyl (C=O) groups is 2. The van der Waals surface area contributed by atoms with Crippen molar-refractivity contribution >= 4 is 35.1 Å². The summed E-state index contributed by atoms with van der Waals surface area (Å²) >= 11 is 1.71. The molecular weight excluding hydrogens is 617 g/mol. The number of nitro groups is 1. The van der Waals surface area contributed by atoms with Crippen molar-refractivity contribution in [3.05, 3.63) is 64.6 Å². The summed E-state index contributed by atoms with van der Waals surface area (Å²) < 4.78 is 54.0. The van der Waals surface area contributed by atoms with Crippen LogP contribution in [0, 0.1) is 10.1 Å². The highest BCUT2D eigenvalue weighted by atomic mass is 32.2. The number of rotatable bonds is 12. The fraction of sp³-hybridized carbons (Fsp3) is 0.414. The average Bonchev–Trinajstić information content (AvgIpc) is 3.72. The third kappa shape index (κ3) is 7.10. The topological polar surface area (TPSA) is 150 Å². The Labute approximate surface area is 260 Å². The first-order valence-corrected chi connectivity index (χ1v) is 15.3. The number of hydrogen-bond donors (Lipinski definition) is 3. The molecule has 0 saturated carbocycles. The van der Waals surface area contributed by atoms with Crippen molar-refractivity contribution in [2.45, 2.75) is 55.8 Å². The standard InChI is InChI=1S/C29H31F3N6O6S/c1-3-43-27(39)23(5-4-6-25-26-21(14-45-25)35-28(40)36-26)44-24-11-16(29(30,31)32)7-9-18(24)20-13-37(15-34-20)22-12-17(38(41)42)8-10-19(22)33-2/h7-13,15,21,23,25-26,33H,3-6,14H2,1-2H3,(H2,35,36,40)/t21-,23?,25-,26-/m0/s1. The molecule has 2 aromatic carbocycles. The smallest absolute Gasteiger partial charge is 0.416 e. The van der Waals surface area contributed by atoms with Gasteiger partial charge in [-0.3, -0.25) is 10.1 Å². The molecule has 1 aromatic heterocycles. The Hall–Kier alpha value is -4.47. The van der Waals surface area contributed by atoms with Gasteiger partial charge in [0.2, 0.25) is 0 Å². The third-order valence-corrected chi connectivity index (χ3v) is 9.13. The van der Waals surface area contributed by atoms with E-state index < -0.39 is 28.7 Å². The lowest BCUT2D eigenvalue weighted by Crippen LogP contribution is -2.37. The summed E-state index contributed by atoms with van der Waals surface area (Å²) in [7, 11) is 1.64. The number of alkyl halides is 3. The molecule has 3 heterocycles. The molecule has 1 unspecified atom stereocenters. The lowest BCUT2D eigenvalue weighted by Gasteiger charge is -2.22. The van der Waals surface area contributed by atoms with Gasteiger partial charge in [0.1, 0.15) is 5.75 Å². The number of urea groups is 1.